The Morgan fingerprint density at radius 2 is 1.18 bits per heavy atom. The molecule has 16 N–H and O–H groups in total. The number of aliphatic imine (C=N–C) groups is 1. The third-order valence-electron chi connectivity index (χ3n) is 8.55. The van der Waals surface area contributed by atoms with Gasteiger partial charge in [-0.15, -0.1) is 0 Å². The number of carboxylic acids is 1. The summed E-state index contributed by atoms with van der Waals surface area (Å²) in [7, 11) is 0. The van der Waals surface area contributed by atoms with E-state index in [9.17, 15) is 38.7 Å². The largest absolute Gasteiger partial charge is 0.480 e. The molecule has 0 saturated heterocycles. The van der Waals surface area contributed by atoms with Crippen LogP contribution < -0.4 is 49.9 Å². The molecule has 2 aromatic carbocycles. The van der Waals surface area contributed by atoms with Crippen molar-refractivity contribution in [2.24, 2.45) is 33.7 Å². The first kappa shape index (κ1) is 42.9. The van der Waals surface area contributed by atoms with Crippen molar-refractivity contribution in [2.75, 3.05) is 6.54 Å². The third-order valence-corrected chi connectivity index (χ3v) is 8.55. The van der Waals surface area contributed by atoms with Crippen molar-refractivity contribution < 1.29 is 38.7 Å². The normalized spacial score (nSPS) is 13.6. The number of carbonyl (C=O) groups is 7. The Balaban J connectivity index is 1.88. The van der Waals surface area contributed by atoms with Crippen molar-refractivity contribution >= 4 is 58.3 Å². The second kappa shape index (κ2) is 21.3. The highest BCUT2D eigenvalue weighted by molar-refractivity contribution is 5.96. The van der Waals surface area contributed by atoms with Gasteiger partial charge in [-0.25, -0.2) is 4.79 Å². The smallest absolute Gasteiger partial charge is 0.326 e. The Hall–Kier alpha value is -6.50. The zero-order valence-electron chi connectivity index (χ0n) is 30.2. The number of guanidine groups is 1. The lowest BCUT2D eigenvalue weighted by atomic mass is 10.0. The minimum atomic E-state index is -1.47. The number of amides is 6. The Labute approximate surface area is 316 Å². The predicted molar refractivity (Wildman–Crippen MR) is 202 cm³/mol. The number of H-pyrrole nitrogens is 1. The average Bonchev–Trinajstić information content (AvgIpc) is 3.54. The second-order valence-corrected chi connectivity index (χ2v) is 12.9. The van der Waals surface area contributed by atoms with Gasteiger partial charge in [0, 0.05) is 42.9 Å². The van der Waals surface area contributed by atoms with E-state index in [-0.39, 0.29) is 63.9 Å². The standard InChI is InChI=1S/C36H49N11O8/c37-23(17-20-7-2-1-3-8-20)31(50)44-25(12-14-29(38)48)33(52)47-28(18-21-19-43-24-10-5-4-9-22(21)24)34(53)45-26(13-15-30(39)49)32(51)46-27(35(54)55)11-6-16-42-36(40)41/h1-5,7-10,19,23,25-28,43H,6,11-18,37H2,(H2,38,48)(H2,39,49)(H,44,50)(H,45,53)(H,46,51)(H,47,52)(H,54,55)(H4,40,41,42). The molecule has 0 fully saturated rings. The van der Waals surface area contributed by atoms with E-state index < -0.39 is 71.6 Å². The minimum absolute atomic E-state index is 0.0684. The van der Waals surface area contributed by atoms with Crippen molar-refractivity contribution in [2.45, 2.75) is 81.6 Å². The van der Waals surface area contributed by atoms with Gasteiger partial charge in [0.05, 0.1) is 6.04 Å². The molecule has 19 nitrogen and oxygen atoms in total. The maximum atomic E-state index is 14.0. The summed E-state index contributed by atoms with van der Waals surface area (Å²) < 4.78 is 0. The van der Waals surface area contributed by atoms with Gasteiger partial charge in [0.15, 0.2) is 5.96 Å². The van der Waals surface area contributed by atoms with Crippen LogP contribution in [0.25, 0.3) is 10.9 Å². The molecule has 6 amide bonds. The van der Waals surface area contributed by atoms with E-state index in [1.54, 1.807) is 60.8 Å². The molecule has 5 unspecified atom stereocenters. The van der Waals surface area contributed by atoms with Gasteiger partial charge in [0.25, 0.3) is 0 Å². The summed E-state index contributed by atoms with van der Waals surface area (Å²) in [6.45, 7) is 0.0961. The molecule has 3 rings (SSSR count). The summed E-state index contributed by atoms with van der Waals surface area (Å²) >= 11 is 0. The molecular weight excluding hydrogens is 714 g/mol. The van der Waals surface area contributed by atoms with Gasteiger partial charge in [-0.2, -0.15) is 0 Å². The Kier molecular flexibility index (Phi) is 16.6. The molecule has 0 bridgehead atoms. The first-order valence-corrected chi connectivity index (χ1v) is 17.5. The van der Waals surface area contributed by atoms with Gasteiger partial charge in [-0.1, -0.05) is 48.5 Å². The van der Waals surface area contributed by atoms with E-state index >= 15 is 0 Å². The number of nitrogens with two attached hydrogens (primary N) is 5. The van der Waals surface area contributed by atoms with E-state index in [0.717, 1.165) is 16.5 Å². The van der Waals surface area contributed by atoms with Crippen molar-refractivity contribution in [3.8, 4) is 0 Å². The molecule has 0 spiro atoms. The van der Waals surface area contributed by atoms with Gasteiger partial charge in [-0.3, -0.25) is 33.8 Å². The lowest BCUT2D eigenvalue weighted by Crippen LogP contribution is -2.59. The van der Waals surface area contributed by atoms with Crippen LogP contribution in [0.2, 0.25) is 0 Å². The SMILES string of the molecule is NC(=O)CCC(NC(=O)C(N)Cc1ccccc1)C(=O)NC(Cc1c[nH]c2ccccc12)C(=O)NC(CCC(N)=O)C(=O)NC(CCCN=C(N)N)C(=O)O. The van der Waals surface area contributed by atoms with E-state index in [0.29, 0.717) is 5.56 Å². The number of primary amides is 2. The van der Waals surface area contributed by atoms with Gasteiger partial charge in [0.1, 0.15) is 24.2 Å². The van der Waals surface area contributed by atoms with Crippen molar-refractivity contribution in [3.63, 3.8) is 0 Å². The Morgan fingerprint density at radius 1 is 0.655 bits per heavy atom. The maximum absolute atomic E-state index is 14.0. The molecule has 296 valence electrons. The number of hydrogen-bond donors (Lipinski definition) is 11. The summed E-state index contributed by atoms with van der Waals surface area (Å²) in [5, 5.41) is 20.6. The first-order chi connectivity index (χ1) is 26.1. The lowest BCUT2D eigenvalue weighted by Gasteiger charge is -2.26. The Bertz CT molecular complexity index is 1840. The average molecular weight is 764 g/mol. The van der Waals surface area contributed by atoms with Gasteiger partial charge < -0.3 is 60.0 Å². The number of nitrogens with one attached hydrogen (secondary N) is 5. The zero-order chi connectivity index (χ0) is 40.5. The number of fused-ring (bicyclic) bond motifs is 1. The van der Waals surface area contributed by atoms with Crippen molar-refractivity contribution in [1.29, 1.82) is 0 Å². The quantitative estimate of drug-likeness (QED) is 0.0282. The van der Waals surface area contributed by atoms with Crippen LogP contribution in [0.5, 0.6) is 0 Å². The second-order valence-electron chi connectivity index (χ2n) is 12.9. The molecule has 3 aromatic rings. The third kappa shape index (κ3) is 14.4. The van der Waals surface area contributed by atoms with Gasteiger partial charge >= 0.3 is 5.97 Å². The molecule has 5 atom stereocenters. The van der Waals surface area contributed by atoms with E-state index in [4.69, 9.17) is 28.7 Å². The molecule has 55 heavy (non-hydrogen) atoms. The van der Waals surface area contributed by atoms with Crippen LogP contribution in [0.1, 0.15) is 49.7 Å². The lowest BCUT2D eigenvalue weighted by molar-refractivity contribution is -0.142. The molecule has 1 aromatic heterocycles. The number of carbonyl (C=O) groups excluding carboxylic acids is 6. The fraction of sp³-hybridized carbons (Fsp3) is 0.389. The Morgan fingerprint density at radius 3 is 1.76 bits per heavy atom. The number of nitrogens with zero attached hydrogens (tertiary/aromatic N) is 1. The molecule has 0 saturated carbocycles. The number of aromatic nitrogens is 1. The van der Waals surface area contributed by atoms with Gasteiger partial charge in [0.2, 0.25) is 35.4 Å². The summed E-state index contributed by atoms with van der Waals surface area (Å²) in [4.78, 5) is 96.9. The van der Waals surface area contributed by atoms with Crippen LogP contribution in [-0.2, 0) is 46.4 Å². The maximum Gasteiger partial charge on any atom is 0.326 e. The summed E-state index contributed by atoms with van der Waals surface area (Å²) in [5.41, 5.74) is 29.6. The number of carboxylic acid groups (broad SMARTS) is 1. The monoisotopic (exact) mass is 763 g/mol. The van der Waals surface area contributed by atoms with Gasteiger partial charge in [-0.05, 0) is 49.3 Å². The highest BCUT2D eigenvalue weighted by Gasteiger charge is 2.32. The van der Waals surface area contributed by atoms with Crippen LogP contribution in [0, 0.1) is 0 Å². The number of hydrogen-bond acceptors (Lipinski definition) is 9. The first-order valence-electron chi connectivity index (χ1n) is 17.5. The number of benzene rings is 2. The molecule has 0 aliphatic rings. The summed E-state index contributed by atoms with van der Waals surface area (Å²) in [6.07, 6.45) is 0.602. The molecule has 1 heterocycles. The molecule has 0 aliphatic heterocycles. The predicted octanol–water partition coefficient (Wildman–Crippen LogP) is -2.11. The van der Waals surface area contributed by atoms with Crippen LogP contribution in [0.15, 0.2) is 65.8 Å². The number of para-hydroxylation sites is 1. The fourth-order valence-corrected chi connectivity index (χ4v) is 5.66. The number of aromatic amines is 1. The van der Waals surface area contributed by atoms with Crippen LogP contribution in [0.4, 0.5) is 0 Å². The van der Waals surface area contributed by atoms with Crippen molar-refractivity contribution in [3.05, 3.63) is 71.9 Å². The number of rotatable bonds is 23. The van der Waals surface area contributed by atoms with E-state index in [2.05, 4.69) is 31.2 Å². The van der Waals surface area contributed by atoms with Crippen LogP contribution in [0.3, 0.4) is 0 Å². The molecule has 0 radical (unpaired) electrons. The fourth-order valence-electron chi connectivity index (χ4n) is 5.66. The van der Waals surface area contributed by atoms with Crippen molar-refractivity contribution in [1.82, 2.24) is 26.3 Å². The minimum Gasteiger partial charge on any atom is -0.480 e. The summed E-state index contributed by atoms with van der Waals surface area (Å²) in [6, 6.07) is 9.42. The topological polar surface area (TPSA) is 346 Å². The van der Waals surface area contributed by atoms with E-state index in [1.807, 2.05) is 0 Å². The van der Waals surface area contributed by atoms with Crippen LogP contribution >= 0.6 is 0 Å². The highest BCUT2D eigenvalue weighted by atomic mass is 16.4. The molecule has 19 heteroatoms. The molecule has 0 aliphatic carbocycles. The van der Waals surface area contributed by atoms with Crippen LogP contribution in [-0.4, -0.2) is 94.2 Å². The van der Waals surface area contributed by atoms with E-state index in [1.165, 1.54) is 0 Å². The molecular formula is C36H49N11O8. The zero-order valence-corrected chi connectivity index (χ0v) is 30.2. The summed E-state index contributed by atoms with van der Waals surface area (Å²) in [5.74, 6) is -6.45. The number of aliphatic carboxylic acids is 1. The highest BCUT2D eigenvalue weighted by Crippen LogP contribution is 2.20.